The van der Waals surface area contributed by atoms with Crippen LogP contribution in [0.15, 0.2) is 35.3 Å². The lowest BCUT2D eigenvalue weighted by Crippen LogP contribution is -2.57. The highest BCUT2D eigenvalue weighted by molar-refractivity contribution is 14.0. The zero-order chi connectivity index (χ0) is 22.2. The third-order valence-corrected chi connectivity index (χ3v) is 6.69. The fraction of sp³-hybridized carbons (Fsp3) is 0.667. The molecule has 2 fully saturated rings. The van der Waals surface area contributed by atoms with E-state index in [1.54, 1.807) is 0 Å². The van der Waals surface area contributed by atoms with Crippen molar-refractivity contribution in [3.8, 4) is 0 Å². The summed E-state index contributed by atoms with van der Waals surface area (Å²) in [6.07, 6.45) is 3.29. The molecule has 1 aromatic carbocycles. The topological polar surface area (TPSA) is 54.4 Å². The Balaban J connectivity index is 0.00000363. The van der Waals surface area contributed by atoms with Gasteiger partial charge in [0.05, 0.1) is 6.04 Å². The van der Waals surface area contributed by atoms with Crippen LogP contribution >= 0.6 is 24.0 Å². The highest BCUT2D eigenvalue weighted by atomic mass is 127. The molecular weight excluding hydrogens is 515 g/mol. The van der Waals surface area contributed by atoms with E-state index in [-0.39, 0.29) is 30.0 Å². The molecule has 32 heavy (non-hydrogen) atoms. The average Bonchev–Trinajstić information content (AvgIpc) is 3.33. The van der Waals surface area contributed by atoms with E-state index in [9.17, 15) is 4.79 Å². The second-order valence-corrected chi connectivity index (χ2v) is 8.97. The molecule has 0 bridgehead atoms. The molecule has 2 atom stereocenters. The van der Waals surface area contributed by atoms with Gasteiger partial charge in [0.1, 0.15) is 0 Å². The van der Waals surface area contributed by atoms with Gasteiger partial charge in [-0.15, -0.1) is 24.0 Å². The number of likely N-dealkylation sites (N-methyl/N-ethyl adjacent to an activating group) is 1. The summed E-state index contributed by atoms with van der Waals surface area (Å²) in [4.78, 5) is 26.2. The van der Waals surface area contributed by atoms with Gasteiger partial charge >= 0.3 is 0 Å². The van der Waals surface area contributed by atoms with Crippen LogP contribution in [0.1, 0.15) is 25.3 Å². The van der Waals surface area contributed by atoms with Gasteiger partial charge in [-0.05, 0) is 45.8 Å². The summed E-state index contributed by atoms with van der Waals surface area (Å²) in [6.45, 7) is 8.33. The molecule has 2 heterocycles. The number of nitrogens with zero attached hydrogens (tertiary/aromatic N) is 5. The van der Waals surface area contributed by atoms with Crippen LogP contribution in [0, 0.1) is 0 Å². The lowest BCUT2D eigenvalue weighted by Gasteiger charge is -2.40. The monoisotopic (exact) mass is 556 g/mol. The Morgan fingerprint density at radius 2 is 1.66 bits per heavy atom. The van der Waals surface area contributed by atoms with Crippen molar-refractivity contribution in [2.75, 3.05) is 67.0 Å². The Morgan fingerprint density at radius 1 is 1.03 bits per heavy atom. The Morgan fingerprint density at radius 3 is 2.22 bits per heavy atom. The number of carbonyl (C=O) groups is 1. The SMILES string of the molecule is CN=C(NCC(Cc1ccccc1)N(C)C)N1CCN(C(C)C(=O)N2CCCC2)CC1.I. The number of hydrogen-bond donors (Lipinski definition) is 1. The highest BCUT2D eigenvalue weighted by Gasteiger charge is 2.30. The number of nitrogens with one attached hydrogen (secondary N) is 1. The van der Waals surface area contributed by atoms with Crippen LogP contribution in [0.5, 0.6) is 0 Å². The number of likely N-dealkylation sites (tertiary alicyclic amines) is 1. The number of amides is 1. The number of piperazine rings is 1. The summed E-state index contributed by atoms with van der Waals surface area (Å²) in [7, 11) is 6.13. The molecule has 0 saturated carbocycles. The molecule has 1 amide bonds. The zero-order valence-corrected chi connectivity index (χ0v) is 22.5. The lowest BCUT2D eigenvalue weighted by atomic mass is 10.1. The third-order valence-electron chi connectivity index (χ3n) is 6.69. The fourth-order valence-electron chi connectivity index (χ4n) is 4.54. The number of rotatable bonds is 7. The molecule has 0 spiro atoms. The maximum atomic E-state index is 12.7. The van der Waals surface area contributed by atoms with E-state index in [4.69, 9.17) is 0 Å². The number of carbonyl (C=O) groups excluding carboxylic acids is 1. The largest absolute Gasteiger partial charge is 0.355 e. The minimum Gasteiger partial charge on any atom is -0.355 e. The number of guanidine groups is 1. The van der Waals surface area contributed by atoms with Crippen molar-refractivity contribution < 1.29 is 4.79 Å². The first kappa shape index (κ1) is 26.9. The van der Waals surface area contributed by atoms with Crippen molar-refractivity contribution in [3.05, 3.63) is 35.9 Å². The molecule has 3 rings (SSSR count). The van der Waals surface area contributed by atoms with Crippen LogP contribution in [-0.2, 0) is 11.2 Å². The second kappa shape index (κ2) is 13.3. The summed E-state index contributed by atoms with van der Waals surface area (Å²) in [6, 6.07) is 11.0. The van der Waals surface area contributed by atoms with Gasteiger partial charge in [0.25, 0.3) is 0 Å². The number of hydrogen-bond acceptors (Lipinski definition) is 4. The van der Waals surface area contributed by atoms with E-state index < -0.39 is 0 Å². The van der Waals surface area contributed by atoms with Gasteiger partial charge < -0.3 is 20.0 Å². The van der Waals surface area contributed by atoms with Gasteiger partial charge in [-0.25, -0.2) is 0 Å². The molecule has 2 unspecified atom stereocenters. The zero-order valence-electron chi connectivity index (χ0n) is 20.2. The molecule has 7 nitrogen and oxygen atoms in total. The summed E-state index contributed by atoms with van der Waals surface area (Å²) in [5.74, 6) is 1.25. The van der Waals surface area contributed by atoms with Gasteiger partial charge in [0.15, 0.2) is 5.96 Å². The van der Waals surface area contributed by atoms with Crippen LogP contribution in [-0.4, -0.2) is 111 Å². The standard InChI is InChI=1S/C24H40N6O.HI/c1-20(23(31)29-12-8-9-13-29)28-14-16-30(17-15-28)24(25-2)26-19-22(27(3)4)18-21-10-6-5-7-11-21;/h5-7,10-11,20,22H,8-9,12-19H2,1-4H3,(H,25,26);1H. The third kappa shape index (κ3) is 7.31. The first-order valence-electron chi connectivity index (χ1n) is 11.7. The first-order valence-corrected chi connectivity index (χ1v) is 11.7. The van der Waals surface area contributed by atoms with Crippen LogP contribution in [0.3, 0.4) is 0 Å². The van der Waals surface area contributed by atoms with Crippen molar-refractivity contribution in [3.63, 3.8) is 0 Å². The predicted molar refractivity (Wildman–Crippen MR) is 143 cm³/mol. The van der Waals surface area contributed by atoms with Gasteiger partial charge in [0, 0.05) is 58.9 Å². The summed E-state index contributed by atoms with van der Waals surface area (Å²) in [5.41, 5.74) is 1.35. The Labute approximate surface area is 211 Å². The smallest absolute Gasteiger partial charge is 0.239 e. The molecule has 0 aromatic heterocycles. The second-order valence-electron chi connectivity index (χ2n) is 8.97. The van der Waals surface area contributed by atoms with Gasteiger partial charge in [-0.1, -0.05) is 30.3 Å². The molecule has 0 radical (unpaired) electrons. The van der Waals surface area contributed by atoms with Crippen LogP contribution < -0.4 is 5.32 Å². The predicted octanol–water partition coefficient (Wildman–Crippen LogP) is 1.98. The van der Waals surface area contributed by atoms with Crippen molar-refractivity contribution in [2.24, 2.45) is 4.99 Å². The quantitative estimate of drug-likeness (QED) is 0.317. The van der Waals surface area contributed by atoms with Crippen LogP contribution in [0.4, 0.5) is 0 Å². The van der Waals surface area contributed by atoms with Crippen molar-refractivity contribution >= 4 is 35.8 Å². The molecule has 1 aromatic rings. The minimum absolute atomic E-state index is 0. The van der Waals surface area contributed by atoms with Crippen LogP contribution in [0.2, 0.25) is 0 Å². The summed E-state index contributed by atoms with van der Waals surface area (Å²) in [5, 5.41) is 3.59. The first-order chi connectivity index (χ1) is 15.0. The molecule has 2 saturated heterocycles. The highest BCUT2D eigenvalue weighted by Crippen LogP contribution is 2.14. The molecule has 2 aliphatic heterocycles. The Bertz CT molecular complexity index is 714. The fourth-order valence-corrected chi connectivity index (χ4v) is 4.54. The minimum atomic E-state index is -0.0285. The number of halogens is 1. The van der Waals surface area contributed by atoms with Gasteiger partial charge in [-0.2, -0.15) is 0 Å². The molecule has 8 heteroatoms. The molecular formula is C24H41IN6O. The van der Waals surface area contributed by atoms with Gasteiger partial charge in [0.2, 0.25) is 5.91 Å². The summed E-state index contributed by atoms with van der Waals surface area (Å²) >= 11 is 0. The lowest BCUT2D eigenvalue weighted by molar-refractivity contribution is -0.135. The number of benzene rings is 1. The Hall–Kier alpha value is -1.39. The molecule has 0 aliphatic carbocycles. The van der Waals surface area contributed by atoms with E-state index in [0.717, 1.165) is 71.0 Å². The molecule has 1 N–H and O–H groups in total. The normalized spacial score (nSPS) is 19.6. The van der Waals surface area contributed by atoms with E-state index in [2.05, 4.69) is 76.4 Å². The Kier molecular flexibility index (Phi) is 11.2. The van der Waals surface area contributed by atoms with E-state index in [1.165, 1.54) is 5.56 Å². The van der Waals surface area contributed by atoms with Crippen molar-refractivity contribution in [1.82, 2.24) is 24.9 Å². The summed E-state index contributed by atoms with van der Waals surface area (Å²) < 4.78 is 0. The maximum absolute atomic E-state index is 12.7. The molecule has 2 aliphatic rings. The van der Waals surface area contributed by atoms with E-state index in [1.807, 2.05) is 11.9 Å². The van der Waals surface area contributed by atoms with Crippen LogP contribution in [0.25, 0.3) is 0 Å². The van der Waals surface area contributed by atoms with Crippen molar-refractivity contribution in [2.45, 2.75) is 38.3 Å². The average molecular weight is 557 g/mol. The molecule has 180 valence electrons. The van der Waals surface area contributed by atoms with Gasteiger partial charge in [-0.3, -0.25) is 14.7 Å². The number of aliphatic imine (C=N–C) groups is 1. The van der Waals surface area contributed by atoms with E-state index in [0.29, 0.717) is 11.9 Å². The maximum Gasteiger partial charge on any atom is 0.239 e. The van der Waals surface area contributed by atoms with Crippen molar-refractivity contribution in [1.29, 1.82) is 0 Å². The van der Waals surface area contributed by atoms with E-state index >= 15 is 0 Å².